The molecular formula is C39H68O23. The molecule has 0 radical (unpaired) electrons. The molecular weight excluding hydrogens is 836 g/mol. The van der Waals surface area contributed by atoms with Gasteiger partial charge in [0, 0.05) is 27.1 Å². The van der Waals surface area contributed by atoms with Crippen LogP contribution in [-0.4, -0.2) is 227 Å². The van der Waals surface area contributed by atoms with Gasteiger partial charge in [0.25, 0.3) is 0 Å². The van der Waals surface area contributed by atoms with E-state index < -0.39 is 135 Å². The van der Waals surface area contributed by atoms with E-state index in [9.17, 15) is 55.5 Å². The van der Waals surface area contributed by atoms with Crippen LogP contribution in [0, 0.1) is 0 Å². The van der Waals surface area contributed by atoms with E-state index in [4.69, 9.17) is 52.1 Å². The number of ether oxygens (including phenoxy) is 12. The zero-order chi connectivity index (χ0) is 46.0. The highest BCUT2D eigenvalue weighted by Gasteiger charge is 2.53. The fraction of sp³-hybridized carbons (Fsp3) is 0.949. The molecule has 6 heterocycles. The molecule has 0 aromatic heterocycles. The quantitative estimate of drug-likeness (QED) is 0.0857. The van der Waals surface area contributed by atoms with Crippen molar-refractivity contribution in [1.82, 2.24) is 0 Å². The number of hydrogen-bond acceptors (Lipinski definition) is 23. The second-order valence-electron chi connectivity index (χ2n) is 16.2. The Morgan fingerprint density at radius 2 is 1.29 bits per heavy atom. The SMILES string of the molecule is COCC1OC(OC(C)CCCC(=O)OC)C(OC2OC(C)C(O)C(O)C2O)C(O)C1O.COCC1OC2OC(C)CCCC(=O)OC3C(C)OC(OC2C(O)C1O)C(O)C3O. The first-order valence-corrected chi connectivity index (χ1v) is 20.9. The normalized spacial score (nSPS) is 44.8. The number of carbonyl (C=O) groups excluding carboxylic acids is 2. The average Bonchev–Trinajstić information content (AvgIpc) is 3.23. The Kier molecular flexibility index (Phi) is 21.0. The maximum atomic E-state index is 12.1. The smallest absolute Gasteiger partial charge is 0.306 e. The van der Waals surface area contributed by atoms with Crippen LogP contribution in [0.5, 0.6) is 0 Å². The van der Waals surface area contributed by atoms with Gasteiger partial charge in [-0.15, -0.1) is 0 Å². The van der Waals surface area contributed by atoms with Crippen molar-refractivity contribution in [2.45, 2.75) is 201 Å². The van der Waals surface area contributed by atoms with Crippen molar-refractivity contribution in [2.24, 2.45) is 0 Å². The van der Waals surface area contributed by atoms with E-state index in [0.29, 0.717) is 25.7 Å². The van der Waals surface area contributed by atoms with Crippen molar-refractivity contribution in [3.63, 3.8) is 0 Å². The summed E-state index contributed by atoms with van der Waals surface area (Å²) in [5, 5.41) is 93.3. The largest absolute Gasteiger partial charge is 0.469 e. The minimum Gasteiger partial charge on any atom is -0.469 e. The van der Waals surface area contributed by atoms with Crippen molar-refractivity contribution in [1.29, 1.82) is 0 Å². The molecule has 6 fully saturated rings. The van der Waals surface area contributed by atoms with Gasteiger partial charge in [0.2, 0.25) is 0 Å². The number of carbonyl (C=O) groups is 2. The number of esters is 2. The van der Waals surface area contributed by atoms with Crippen LogP contribution in [0.1, 0.15) is 66.2 Å². The summed E-state index contributed by atoms with van der Waals surface area (Å²) < 4.78 is 65.8. The van der Waals surface area contributed by atoms with Gasteiger partial charge in [-0.3, -0.25) is 9.59 Å². The Labute approximate surface area is 359 Å². The Bertz CT molecular complexity index is 1350. The molecule has 22 unspecified atom stereocenters. The molecule has 62 heavy (non-hydrogen) atoms. The van der Waals surface area contributed by atoms with Crippen LogP contribution in [0.4, 0.5) is 0 Å². The van der Waals surface area contributed by atoms with Gasteiger partial charge >= 0.3 is 11.9 Å². The van der Waals surface area contributed by atoms with E-state index in [1.165, 1.54) is 28.3 Å². The van der Waals surface area contributed by atoms with Crippen molar-refractivity contribution in [2.75, 3.05) is 34.5 Å². The molecule has 9 N–H and O–H groups in total. The van der Waals surface area contributed by atoms with Crippen LogP contribution in [0.25, 0.3) is 0 Å². The molecule has 2 bridgehead atoms. The first-order chi connectivity index (χ1) is 29.3. The summed E-state index contributed by atoms with van der Waals surface area (Å²) in [5.41, 5.74) is 0. The second kappa shape index (κ2) is 24.6. The van der Waals surface area contributed by atoms with Gasteiger partial charge in [-0.25, -0.2) is 0 Å². The maximum Gasteiger partial charge on any atom is 0.306 e. The molecule has 0 aromatic rings. The zero-order valence-electron chi connectivity index (χ0n) is 36.1. The Morgan fingerprint density at radius 3 is 1.94 bits per heavy atom. The highest BCUT2D eigenvalue weighted by molar-refractivity contribution is 5.69. The van der Waals surface area contributed by atoms with Gasteiger partial charge in [-0.2, -0.15) is 0 Å². The van der Waals surface area contributed by atoms with Crippen LogP contribution < -0.4 is 0 Å². The summed E-state index contributed by atoms with van der Waals surface area (Å²) in [6.07, 6.45) is -23.8. The molecule has 6 saturated heterocycles. The number of rotatable bonds is 12. The van der Waals surface area contributed by atoms with E-state index in [2.05, 4.69) is 4.74 Å². The Balaban J connectivity index is 0.000000273. The predicted octanol–water partition coefficient (Wildman–Crippen LogP) is -3.53. The summed E-state index contributed by atoms with van der Waals surface area (Å²) in [4.78, 5) is 23.4. The summed E-state index contributed by atoms with van der Waals surface area (Å²) in [6.45, 7) is 6.59. The van der Waals surface area contributed by atoms with E-state index in [1.807, 2.05) is 0 Å². The topological polar surface area (TPSA) is 327 Å². The molecule has 0 aromatic carbocycles. The number of fused-ring (bicyclic) bond motifs is 8. The monoisotopic (exact) mass is 904 g/mol. The number of aliphatic hydroxyl groups is 9. The second-order valence-corrected chi connectivity index (χ2v) is 16.2. The van der Waals surface area contributed by atoms with Gasteiger partial charge < -0.3 is 103 Å². The zero-order valence-corrected chi connectivity index (χ0v) is 36.1. The van der Waals surface area contributed by atoms with Crippen LogP contribution in [0.3, 0.4) is 0 Å². The van der Waals surface area contributed by atoms with Gasteiger partial charge in [0.15, 0.2) is 31.3 Å². The van der Waals surface area contributed by atoms with Crippen LogP contribution in [0.15, 0.2) is 0 Å². The van der Waals surface area contributed by atoms with Crippen molar-refractivity contribution < 1.29 is 112 Å². The van der Waals surface area contributed by atoms with Crippen molar-refractivity contribution in [3.8, 4) is 0 Å². The van der Waals surface area contributed by atoms with Crippen LogP contribution in [0.2, 0.25) is 0 Å². The van der Waals surface area contributed by atoms with E-state index >= 15 is 0 Å². The van der Waals surface area contributed by atoms with Crippen molar-refractivity contribution in [3.05, 3.63) is 0 Å². The number of methoxy groups -OCH3 is 3. The first kappa shape index (κ1) is 52.8. The molecule has 22 atom stereocenters. The molecule has 6 aliphatic heterocycles. The van der Waals surface area contributed by atoms with Gasteiger partial charge in [0.1, 0.15) is 79.4 Å². The number of hydrogen-bond donors (Lipinski definition) is 9. The molecule has 0 saturated carbocycles. The highest BCUT2D eigenvalue weighted by atomic mass is 16.8. The fourth-order valence-electron chi connectivity index (χ4n) is 7.61. The molecule has 23 heteroatoms. The van der Waals surface area contributed by atoms with Crippen LogP contribution in [-0.2, 0) is 66.4 Å². The molecule has 0 aliphatic carbocycles. The Morgan fingerprint density at radius 1 is 0.661 bits per heavy atom. The minimum absolute atomic E-state index is 0.0189. The maximum absolute atomic E-state index is 12.1. The molecule has 23 nitrogen and oxygen atoms in total. The standard InChI is InChI=1S/C20H36O12.C19H32O11/c1-9(6-5-7-12(21)28-4)29-20-18(16(25)14(23)11(31-20)8-27-3)32-19-17(26)15(24)13(22)10(2)30-19;1-8-5-4-6-11(20)29-16-9(2)27-18(15(24)14(16)23)30-17-13(22)12(21)10(7-25-3)28-19(17)26-8/h9-11,13-20,22-26H,5-8H2,1-4H3;8-10,12-19,21-24H,4-7H2,1-3H3. The minimum atomic E-state index is -1.61. The molecule has 6 rings (SSSR count). The molecule has 362 valence electrons. The average molecular weight is 905 g/mol. The van der Waals surface area contributed by atoms with E-state index in [-0.39, 0.29) is 38.1 Å². The highest BCUT2D eigenvalue weighted by Crippen LogP contribution is 2.33. The lowest BCUT2D eigenvalue weighted by Gasteiger charge is -2.46. The third kappa shape index (κ3) is 13.6. The Hall–Kier alpha value is -1.82. The lowest BCUT2D eigenvalue weighted by Crippen LogP contribution is -2.64. The third-order valence-electron chi connectivity index (χ3n) is 11.3. The van der Waals surface area contributed by atoms with Gasteiger partial charge in [-0.05, 0) is 53.4 Å². The fourth-order valence-corrected chi connectivity index (χ4v) is 7.61. The van der Waals surface area contributed by atoms with Gasteiger partial charge in [-0.1, -0.05) is 0 Å². The summed E-state index contributed by atoms with van der Waals surface area (Å²) in [7, 11) is 4.16. The van der Waals surface area contributed by atoms with Crippen molar-refractivity contribution >= 4 is 11.9 Å². The van der Waals surface area contributed by atoms with Crippen LogP contribution >= 0.6 is 0 Å². The third-order valence-corrected chi connectivity index (χ3v) is 11.3. The van der Waals surface area contributed by atoms with E-state index in [0.717, 1.165) is 0 Å². The summed E-state index contributed by atoms with van der Waals surface area (Å²) in [5.74, 6) is -0.861. The molecule has 0 amide bonds. The lowest BCUT2D eigenvalue weighted by atomic mass is 9.97. The number of aliphatic hydroxyl groups excluding tert-OH is 9. The van der Waals surface area contributed by atoms with Gasteiger partial charge in [0.05, 0.1) is 44.7 Å². The molecule has 0 spiro atoms. The lowest BCUT2D eigenvalue weighted by molar-refractivity contribution is -0.369. The summed E-state index contributed by atoms with van der Waals surface area (Å²) in [6, 6.07) is 0. The molecule has 6 aliphatic rings. The van der Waals surface area contributed by atoms with E-state index in [1.54, 1.807) is 20.8 Å². The predicted molar refractivity (Wildman–Crippen MR) is 204 cm³/mol. The first-order valence-electron chi connectivity index (χ1n) is 20.9. The summed E-state index contributed by atoms with van der Waals surface area (Å²) >= 11 is 0.